The fourth-order valence-corrected chi connectivity index (χ4v) is 24.2. The van der Waals surface area contributed by atoms with Gasteiger partial charge in [-0.1, -0.05) is 351 Å². The number of hydrogen-bond donors (Lipinski definition) is 0. The Morgan fingerprint density at radius 1 is 0.220 bits per heavy atom. The summed E-state index contributed by atoms with van der Waals surface area (Å²) >= 11 is 3.72. The number of rotatable bonds is 12. The van der Waals surface area contributed by atoms with E-state index in [2.05, 4.69) is 345 Å². The first-order valence-corrected chi connectivity index (χ1v) is 49.4. The Morgan fingerprint density at radius 2 is 0.582 bits per heavy atom. The molecular formula is C128H87N9O2S2. The second-order valence-electron chi connectivity index (χ2n) is 38.1. The zero-order chi connectivity index (χ0) is 94.4. The van der Waals surface area contributed by atoms with Crippen LogP contribution in [0.5, 0.6) is 0 Å². The topological polar surface area (TPSA) is 142 Å². The van der Waals surface area contributed by atoms with Crippen LogP contribution >= 0.6 is 22.7 Å². The quantitative estimate of drug-likeness (QED) is 0.115. The fourth-order valence-electron chi connectivity index (χ4n) is 21.8. The van der Waals surface area contributed by atoms with Gasteiger partial charge in [0, 0.05) is 169 Å². The maximum atomic E-state index is 6.32. The van der Waals surface area contributed by atoms with Crippen LogP contribution in [0.2, 0.25) is 0 Å². The van der Waals surface area contributed by atoms with E-state index in [-0.39, 0.29) is 16.2 Å². The smallest absolute Gasteiger partial charge is 0.227 e. The molecule has 13 heteroatoms. The Kier molecular flexibility index (Phi) is 20.1. The maximum absolute atomic E-state index is 6.32. The molecule has 9 aromatic heterocycles. The van der Waals surface area contributed by atoms with E-state index in [1.165, 1.54) is 90.4 Å². The molecule has 28 rings (SSSR count). The van der Waals surface area contributed by atoms with Crippen LogP contribution in [-0.2, 0) is 16.2 Å². The van der Waals surface area contributed by atoms with E-state index in [1.807, 2.05) is 138 Å². The van der Waals surface area contributed by atoms with Crippen molar-refractivity contribution in [2.24, 2.45) is 0 Å². The van der Waals surface area contributed by atoms with Crippen molar-refractivity contribution in [2.75, 3.05) is 0 Å². The standard InChI is InChI=1S/C47H32N4S.C44H29N3OS.C37H26N2O/c1-47(2)38-19-5-3-16-37(38)44-42(47)43(30-14-11-13-29(25-30)34-17-12-18-36-35-15-4-6-22-41(35)52-45(34)36)50-46(51-44)33-27-31(39-20-7-9-23-48-39)26-32(28-33)40-21-8-10-24-49-40;1-44(2)34-20-5-3-17-33(34)40-38(44)39(46-42(47-40)28-14-10-15-29(25-28)43-45-35-21-6-7-22-36(35)48-43)27-13-9-12-26(24-27)30-18-11-19-32-31-16-4-8-23-37(31)49-41(30)32;1-37(2)30-17-8-6-14-29(30)34-32(37)33(38-36(39-34)25-11-4-3-5-12-25)24-21-19-23(20-22-24)26-15-10-16-28-27-13-7-9-18-31(27)40-35(26)28/h3-28H,1-2H3;3-25H,1-2H3;3-22H,1-2H3. The summed E-state index contributed by atoms with van der Waals surface area (Å²) in [5, 5.41) is 7.47. The van der Waals surface area contributed by atoms with E-state index >= 15 is 0 Å². The predicted octanol–water partition coefficient (Wildman–Crippen LogP) is 33.9. The third-order valence-electron chi connectivity index (χ3n) is 28.6. The van der Waals surface area contributed by atoms with Crippen molar-refractivity contribution in [3.8, 4) is 169 Å². The third-order valence-corrected chi connectivity index (χ3v) is 31.0. The van der Waals surface area contributed by atoms with Crippen molar-refractivity contribution in [3.63, 3.8) is 0 Å². The molecule has 11 nitrogen and oxygen atoms in total. The van der Waals surface area contributed by atoms with Gasteiger partial charge >= 0.3 is 0 Å². The monoisotopic (exact) mass is 1850 g/mol. The molecule has 0 saturated carbocycles. The Morgan fingerprint density at radius 3 is 1.11 bits per heavy atom. The van der Waals surface area contributed by atoms with Gasteiger partial charge in [0.05, 0.1) is 45.6 Å². The minimum Gasteiger partial charge on any atom is -0.455 e. The molecule has 0 aliphatic heterocycles. The van der Waals surface area contributed by atoms with Gasteiger partial charge in [0.1, 0.15) is 16.7 Å². The minimum atomic E-state index is -0.295. The lowest BCUT2D eigenvalue weighted by atomic mass is 9.80. The summed E-state index contributed by atoms with van der Waals surface area (Å²) in [4.78, 5) is 46.2. The highest BCUT2D eigenvalue weighted by Gasteiger charge is 2.44. The van der Waals surface area contributed by atoms with Crippen LogP contribution in [0.3, 0.4) is 0 Å². The average molecular weight is 1850 g/mol. The highest BCUT2D eigenvalue weighted by molar-refractivity contribution is 7.26. The first-order valence-electron chi connectivity index (χ1n) is 47.8. The van der Waals surface area contributed by atoms with Gasteiger partial charge in [-0.05, 0) is 142 Å². The average Bonchev–Trinajstić information content (AvgIpc) is 1.57. The number of oxazole rings is 1. The van der Waals surface area contributed by atoms with Crippen LogP contribution in [0.4, 0.5) is 0 Å². The zero-order valence-electron chi connectivity index (χ0n) is 78.0. The lowest BCUT2D eigenvalue weighted by Crippen LogP contribution is -2.17. The summed E-state index contributed by atoms with van der Waals surface area (Å²) in [5.41, 5.74) is 37.1. The summed E-state index contributed by atoms with van der Waals surface area (Å²) in [6, 6.07) is 143. The largest absolute Gasteiger partial charge is 0.455 e. The molecule has 668 valence electrons. The van der Waals surface area contributed by atoms with Gasteiger partial charge in [0.2, 0.25) is 5.89 Å². The second-order valence-corrected chi connectivity index (χ2v) is 40.2. The minimum absolute atomic E-state index is 0.213. The van der Waals surface area contributed by atoms with Gasteiger partial charge in [0.25, 0.3) is 0 Å². The third kappa shape index (κ3) is 14.3. The van der Waals surface area contributed by atoms with Crippen LogP contribution < -0.4 is 0 Å². The number of aromatic nitrogens is 9. The van der Waals surface area contributed by atoms with Gasteiger partial charge in [-0.15, -0.1) is 22.7 Å². The molecular weight excluding hydrogens is 1760 g/mol. The number of pyridine rings is 2. The molecule has 25 aromatic rings. The molecule has 0 bridgehead atoms. The molecule has 0 amide bonds. The van der Waals surface area contributed by atoms with Gasteiger partial charge in [-0.3, -0.25) is 9.97 Å². The number of para-hydroxylation sites is 4. The van der Waals surface area contributed by atoms with Gasteiger partial charge in [0.15, 0.2) is 23.1 Å². The molecule has 0 unspecified atom stereocenters. The van der Waals surface area contributed by atoms with Gasteiger partial charge in [-0.2, -0.15) is 0 Å². The number of furan rings is 1. The van der Waals surface area contributed by atoms with Crippen molar-refractivity contribution >= 4 is 96.1 Å². The van der Waals surface area contributed by atoms with Crippen LogP contribution in [0.1, 0.15) is 74.9 Å². The molecule has 141 heavy (non-hydrogen) atoms. The molecule has 0 saturated heterocycles. The van der Waals surface area contributed by atoms with E-state index in [0.29, 0.717) is 17.5 Å². The SMILES string of the molecule is CC1(C)c2ccccc2-c2nc(-c3cc(-c4ccccn4)cc(-c4ccccn4)c3)nc(-c3cccc(-c4cccc5c4sc4ccccc45)c3)c21.CC1(C)c2ccccc2-c2nc(-c3cccc(-c4nc5ccccc5o4)c3)nc(-c3cccc(-c4cccc5c4sc4ccccc45)c3)c21.CC1(C)c2ccccc2-c2nc(-c3ccccc3)nc(-c3ccc(-c4cccc5c4oc4ccccc45)cc3)c21. The summed E-state index contributed by atoms with van der Waals surface area (Å²) in [7, 11) is 0. The molecule has 0 atom stereocenters. The zero-order valence-corrected chi connectivity index (χ0v) is 79.6. The molecule has 0 spiro atoms. The lowest BCUT2D eigenvalue weighted by Gasteiger charge is -2.24. The Balaban J connectivity index is 0.000000110. The highest BCUT2D eigenvalue weighted by Crippen LogP contribution is 2.57. The van der Waals surface area contributed by atoms with Crippen molar-refractivity contribution in [2.45, 2.75) is 57.8 Å². The summed E-state index contributed by atoms with van der Waals surface area (Å²) < 4.78 is 17.7. The highest BCUT2D eigenvalue weighted by atomic mass is 32.1. The molecule has 9 heterocycles. The van der Waals surface area contributed by atoms with Crippen LogP contribution in [-0.4, -0.2) is 44.9 Å². The van der Waals surface area contributed by atoms with E-state index in [1.54, 1.807) is 0 Å². The Bertz CT molecular complexity index is 9270. The van der Waals surface area contributed by atoms with E-state index < -0.39 is 0 Å². The van der Waals surface area contributed by atoms with Crippen molar-refractivity contribution < 1.29 is 8.83 Å². The van der Waals surface area contributed by atoms with Crippen LogP contribution in [0.25, 0.3) is 242 Å². The number of thiophene rings is 2. The van der Waals surface area contributed by atoms with Crippen molar-refractivity contribution in [3.05, 3.63) is 452 Å². The van der Waals surface area contributed by atoms with Crippen LogP contribution in [0.15, 0.2) is 428 Å². The molecule has 16 aromatic carbocycles. The molecule has 3 aliphatic rings. The molecule has 0 N–H and O–H groups in total. The van der Waals surface area contributed by atoms with Gasteiger partial charge < -0.3 is 8.83 Å². The van der Waals surface area contributed by atoms with E-state index in [0.717, 1.165) is 168 Å². The normalized spacial score (nSPS) is 13.2. The van der Waals surface area contributed by atoms with Crippen LogP contribution in [0, 0.1) is 0 Å². The fraction of sp³-hybridized carbons (Fsp3) is 0.0703. The first-order chi connectivity index (χ1) is 69.1. The Hall–Kier alpha value is -17.2. The molecule has 0 fully saturated rings. The number of benzene rings is 16. The second kappa shape index (κ2) is 33.6. The predicted molar refractivity (Wildman–Crippen MR) is 580 cm³/mol. The number of fused-ring (bicyclic) bond motifs is 19. The molecule has 0 radical (unpaired) electrons. The number of nitrogens with zero attached hydrogens (tertiary/aromatic N) is 9. The first kappa shape index (κ1) is 84.3. The summed E-state index contributed by atoms with van der Waals surface area (Å²) in [5.74, 6) is 2.68. The van der Waals surface area contributed by atoms with E-state index in [9.17, 15) is 0 Å². The summed E-state index contributed by atoms with van der Waals surface area (Å²) in [6.45, 7) is 13.7. The number of hydrogen-bond acceptors (Lipinski definition) is 13. The maximum Gasteiger partial charge on any atom is 0.227 e. The summed E-state index contributed by atoms with van der Waals surface area (Å²) in [6.07, 6.45) is 3.66. The Labute approximate surface area is 822 Å². The van der Waals surface area contributed by atoms with Crippen molar-refractivity contribution in [1.82, 2.24) is 44.9 Å². The van der Waals surface area contributed by atoms with E-state index in [4.69, 9.17) is 53.7 Å². The molecule has 3 aliphatic carbocycles. The lowest BCUT2D eigenvalue weighted by molar-refractivity contribution is 0.620. The van der Waals surface area contributed by atoms with Gasteiger partial charge in [-0.25, -0.2) is 34.9 Å². The van der Waals surface area contributed by atoms with Crippen molar-refractivity contribution in [1.29, 1.82) is 0 Å².